The van der Waals surface area contributed by atoms with Gasteiger partial charge in [-0.05, 0) is 50.9 Å². The molecule has 0 aliphatic heterocycles. The molecule has 136 valence electrons. The second kappa shape index (κ2) is 7.12. The number of rotatable bonds is 5. The van der Waals surface area contributed by atoms with Crippen molar-refractivity contribution in [1.82, 2.24) is 20.1 Å². The second-order valence-corrected chi connectivity index (χ2v) is 8.86. The van der Waals surface area contributed by atoms with Crippen LogP contribution in [0.2, 0.25) is 0 Å². The van der Waals surface area contributed by atoms with Gasteiger partial charge in [-0.25, -0.2) is 0 Å². The monoisotopic (exact) mass is 360 g/mol. The zero-order valence-corrected chi connectivity index (χ0v) is 16.8. The van der Waals surface area contributed by atoms with E-state index in [4.69, 9.17) is 12.2 Å². The standard InChI is InChI=1S/C19H28N4OS/c1-13-8-7-9-14(10-13)16-21-22-17(25)23(16)11-15(24)20-19(5,6)12-18(2,3)4/h7-10H,11-12H2,1-6H3,(H,20,24)(H,22,25). The van der Waals surface area contributed by atoms with Gasteiger partial charge in [-0.1, -0.05) is 44.5 Å². The van der Waals surface area contributed by atoms with Crippen molar-refractivity contribution in [2.75, 3.05) is 0 Å². The van der Waals surface area contributed by atoms with Gasteiger partial charge < -0.3 is 5.32 Å². The minimum absolute atomic E-state index is 0.0688. The molecule has 1 aromatic carbocycles. The summed E-state index contributed by atoms with van der Waals surface area (Å²) in [6.07, 6.45) is 0.882. The molecule has 1 aromatic heterocycles. The highest BCUT2D eigenvalue weighted by molar-refractivity contribution is 7.71. The van der Waals surface area contributed by atoms with Gasteiger partial charge in [-0.2, -0.15) is 5.10 Å². The average Bonchev–Trinajstić information content (AvgIpc) is 2.76. The van der Waals surface area contributed by atoms with E-state index in [1.807, 2.05) is 45.0 Å². The van der Waals surface area contributed by atoms with Crippen LogP contribution in [0, 0.1) is 17.1 Å². The molecule has 0 saturated heterocycles. The summed E-state index contributed by atoms with van der Waals surface area (Å²) in [5, 5.41) is 10.2. The van der Waals surface area contributed by atoms with Gasteiger partial charge in [0.05, 0.1) is 0 Å². The highest BCUT2D eigenvalue weighted by Crippen LogP contribution is 2.27. The largest absolute Gasteiger partial charge is 0.350 e. The maximum absolute atomic E-state index is 12.6. The summed E-state index contributed by atoms with van der Waals surface area (Å²) in [7, 11) is 0. The zero-order chi connectivity index (χ0) is 18.8. The van der Waals surface area contributed by atoms with Crippen LogP contribution in [0.5, 0.6) is 0 Å². The van der Waals surface area contributed by atoms with Crippen molar-refractivity contribution in [3.05, 3.63) is 34.6 Å². The van der Waals surface area contributed by atoms with E-state index in [0.29, 0.717) is 10.6 Å². The Kier molecular flexibility index (Phi) is 5.52. The Hall–Kier alpha value is -1.95. The van der Waals surface area contributed by atoms with Crippen molar-refractivity contribution < 1.29 is 4.79 Å². The molecule has 2 aromatic rings. The molecule has 0 aliphatic rings. The summed E-state index contributed by atoms with van der Waals surface area (Å²) < 4.78 is 2.19. The summed E-state index contributed by atoms with van der Waals surface area (Å²) in [5.74, 6) is 0.609. The minimum atomic E-state index is -0.287. The van der Waals surface area contributed by atoms with Gasteiger partial charge in [-0.3, -0.25) is 14.5 Å². The number of hydrogen-bond acceptors (Lipinski definition) is 3. The van der Waals surface area contributed by atoms with E-state index in [9.17, 15) is 4.79 Å². The first-order chi connectivity index (χ1) is 11.5. The fraction of sp³-hybridized carbons (Fsp3) is 0.526. The van der Waals surface area contributed by atoms with Crippen molar-refractivity contribution >= 4 is 18.1 Å². The summed E-state index contributed by atoms with van der Waals surface area (Å²) in [6.45, 7) is 12.8. The van der Waals surface area contributed by atoms with Crippen molar-refractivity contribution in [3.63, 3.8) is 0 Å². The molecule has 0 radical (unpaired) electrons. The lowest BCUT2D eigenvalue weighted by Crippen LogP contribution is -2.47. The topological polar surface area (TPSA) is 62.7 Å². The average molecular weight is 361 g/mol. The molecule has 1 amide bonds. The molecule has 0 aliphatic carbocycles. The van der Waals surface area contributed by atoms with Crippen LogP contribution in [0.3, 0.4) is 0 Å². The number of aryl methyl sites for hydroxylation is 1. The van der Waals surface area contributed by atoms with Crippen LogP contribution in [0.25, 0.3) is 11.4 Å². The normalized spacial score (nSPS) is 12.2. The van der Waals surface area contributed by atoms with Gasteiger partial charge in [0.2, 0.25) is 5.91 Å². The lowest BCUT2D eigenvalue weighted by molar-refractivity contribution is -0.123. The number of benzene rings is 1. The first-order valence-corrected chi connectivity index (χ1v) is 8.91. The van der Waals surface area contributed by atoms with Crippen molar-refractivity contribution in [1.29, 1.82) is 0 Å². The molecule has 2 rings (SSSR count). The predicted octanol–water partition coefficient (Wildman–Crippen LogP) is 4.25. The summed E-state index contributed by atoms with van der Waals surface area (Å²) in [6, 6.07) is 7.99. The molecule has 0 bridgehead atoms. The van der Waals surface area contributed by atoms with Gasteiger partial charge in [0, 0.05) is 11.1 Å². The number of amides is 1. The van der Waals surface area contributed by atoms with Gasteiger partial charge in [0.25, 0.3) is 0 Å². The SMILES string of the molecule is Cc1cccc(-c2n[nH]c(=S)n2CC(=O)NC(C)(C)CC(C)(C)C)c1. The highest BCUT2D eigenvalue weighted by Gasteiger charge is 2.27. The fourth-order valence-electron chi connectivity index (χ4n) is 3.40. The highest BCUT2D eigenvalue weighted by atomic mass is 32.1. The lowest BCUT2D eigenvalue weighted by atomic mass is 9.82. The van der Waals surface area contributed by atoms with Crippen LogP contribution in [0.4, 0.5) is 0 Å². The Balaban J connectivity index is 2.20. The van der Waals surface area contributed by atoms with Crippen LogP contribution >= 0.6 is 12.2 Å². The van der Waals surface area contributed by atoms with E-state index in [1.165, 1.54) is 0 Å². The molecule has 0 saturated carbocycles. The van der Waals surface area contributed by atoms with E-state index in [-0.39, 0.29) is 23.4 Å². The van der Waals surface area contributed by atoms with Crippen LogP contribution < -0.4 is 5.32 Å². The van der Waals surface area contributed by atoms with E-state index in [2.05, 4.69) is 36.3 Å². The number of nitrogens with one attached hydrogen (secondary N) is 2. The minimum Gasteiger partial charge on any atom is -0.350 e. The summed E-state index contributed by atoms with van der Waals surface area (Å²) >= 11 is 5.32. The van der Waals surface area contributed by atoms with Crippen LogP contribution in [0.1, 0.15) is 46.6 Å². The predicted molar refractivity (Wildman–Crippen MR) is 104 cm³/mol. The Morgan fingerprint density at radius 3 is 2.56 bits per heavy atom. The maximum Gasteiger partial charge on any atom is 0.240 e. The number of aromatic nitrogens is 3. The molecular formula is C19H28N4OS. The van der Waals surface area contributed by atoms with E-state index in [1.54, 1.807) is 4.57 Å². The number of hydrogen-bond donors (Lipinski definition) is 2. The molecule has 0 fully saturated rings. The smallest absolute Gasteiger partial charge is 0.240 e. The lowest BCUT2D eigenvalue weighted by Gasteiger charge is -2.33. The molecule has 25 heavy (non-hydrogen) atoms. The number of carbonyl (C=O) groups excluding carboxylic acids is 1. The number of nitrogens with zero attached hydrogens (tertiary/aromatic N) is 2. The molecular weight excluding hydrogens is 332 g/mol. The third kappa shape index (κ3) is 5.53. The molecule has 6 heteroatoms. The van der Waals surface area contributed by atoms with Crippen LogP contribution in [0.15, 0.2) is 24.3 Å². The fourth-order valence-corrected chi connectivity index (χ4v) is 3.60. The first kappa shape index (κ1) is 19.4. The molecule has 5 nitrogen and oxygen atoms in total. The number of carbonyl (C=O) groups is 1. The zero-order valence-electron chi connectivity index (χ0n) is 15.9. The number of aromatic amines is 1. The maximum atomic E-state index is 12.6. The quantitative estimate of drug-likeness (QED) is 0.784. The van der Waals surface area contributed by atoms with E-state index in [0.717, 1.165) is 17.5 Å². The van der Waals surface area contributed by atoms with Crippen molar-refractivity contribution in [3.8, 4) is 11.4 Å². The third-order valence-corrected chi connectivity index (χ3v) is 4.10. The van der Waals surface area contributed by atoms with Crippen molar-refractivity contribution in [2.45, 2.75) is 60.0 Å². The van der Waals surface area contributed by atoms with Crippen LogP contribution in [-0.4, -0.2) is 26.2 Å². The van der Waals surface area contributed by atoms with Crippen molar-refractivity contribution in [2.24, 2.45) is 5.41 Å². The molecule has 2 N–H and O–H groups in total. The van der Waals surface area contributed by atoms with Gasteiger partial charge in [-0.15, -0.1) is 0 Å². The van der Waals surface area contributed by atoms with E-state index < -0.39 is 0 Å². The Labute approximate surface area is 154 Å². The molecule has 0 spiro atoms. The number of H-pyrrole nitrogens is 1. The van der Waals surface area contributed by atoms with Gasteiger partial charge >= 0.3 is 0 Å². The molecule has 1 heterocycles. The first-order valence-electron chi connectivity index (χ1n) is 8.50. The van der Waals surface area contributed by atoms with Gasteiger partial charge in [0.15, 0.2) is 10.6 Å². The Bertz CT molecular complexity index is 811. The van der Waals surface area contributed by atoms with Crippen LogP contribution in [-0.2, 0) is 11.3 Å². The third-order valence-electron chi connectivity index (χ3n) is 3.79. The van der Waals surface area contributed by atoms with E-state index >= 15 is 0 Å². The Morgan fingerprint density at radius 1 is 1.28 bits per heavy atom. The second-order valence-electron chi connectivity index (χ2n) is 8.48. The van der Waals surface area contributed by atoms with Gasteiger partial charge in [0.1, 0.15) is 6.54 Å². The molecule has 0 unspecified atom stereocenters. The molecule has 0 atom stereocenters. The Morgan fingerprint density at radius 2 is 1.96 bits per heavy atom. The summed E-state index contributed by atoms with van der Waals surface area (Å²) in [5.41, 5.74) is 1.92. The summed E-state index contributed by atoms with van der Waals surface area (Å²) in [4.78, 5) is 12.6.